The van der Waals surface area contributed by atoms with Gasteiger partial charge in [-0.15, -0.1) is 0 Å². The Balaban J connectivity index is 3.42. The van der Waals surface area contributed by atoms with E-state index in [1.165, 1.54) is 6.07 Å². The number of aromatic nitrogens is 1. The second-order valence-corrected chi connectivity index (χ2v) is 2.69. The van der Waals surface area contributed by atoms with Crippen molar-refractivity contribution in [2.24, 2.45) is 0 Å². The molecule has 0 radical (unpaired) electrons. The van der Waals surface area contributed by atoms with E-state index in [0.29, 0.717) is 0 Å². The molecule has 0 spiro atoms. The Morgan fingerprint density at radius 1 is 1.08 bits per heavy atom. The maximum absolute atomic E-state index is 8.48. The van der Waals surface area contributed by atoms with Crippen molar-refractivity contribution in [2.45, 2.75) is 0 Å². The van der Waals surface area contributed by atoms with Gasteiger partial charge in [0, 0.05) is 0 Å². The third-order valence-electron chi connectivity index (χ3n) is 1.14. The van der Waals surface area contributed by atoms with E-state index >= 15 is 0 Å². The summed E-state index contributed by atoms with van der Waals surface area (Å²) in [7, 11) is 0. The second kappa shape index (κ2) is 3.40. The van der Waals surface area contributed by atoms with Gasteiger partial charge in [0.2, 0.25) is 0 Å². The molecule has 1 aromatic rings. The summed E-state index contributed by atoms with van der Waals surface area (Å²) in [4.78, 5) is 3.62. The average Bonchev–Trinajstić information content (AvgIpc) is 2.05. The lowest BCUT2D eigenvalue weighted by Crippen LogP contribution is -1.89. The SMILES string of the molecule is N#Cc1nc(C#N)c(Cl)cc1Cl. The maximum atomic E-state index is 8.48. The number of nitrogens with zero attached hydrogens (tertiary/aromatic N) is 3. The summed E-state index contributed by atoms with van der Waals surface area (Å²) in [5, 5.41) is 17.3. The molecular weight excluding hydrogens is 197 g/mol. The molecule has 0 atom stereocenters. The summed E-state index contributed by atoms with van der Waals surface area (Å²) in [5.41, 5.74) is 0.0234. The van der Waals surface area contributed by atoms with Crippen molar-refractivity contribution < 1.29 is 0 Å². The molecule has 12 heavy (non-hydrogen) atoms. The number of hydrogen-bond donors (Lipinski definition) is 0. The van der Waals surface area contributed by atoms with E-state index in [2.05, 4.69) is 4.98 Å². The maximum Gasteiger partial charge on any atom is 0.160 e. The summed E-state index contributed by atoms with van der Waals surface area (Å²) in [6, 6.07) is 4.82. The van der Waals surface area contributed by atoms with Crippen LogP contribution in [0.4, 0.5) is 0 Å². The van der Waals surface area contributed by atoms with Gasteiger partial charge in [0.1, 0.15) is 12.1 Å². The first-order chi connectivity index (χ1) is 5.69. The molecule has 0 aliphatic rings. The number of rotatable bonds is 0. The Morgan fingerprint density at radius 3 is 1.83 bits per heavy atom. The summed E-state index contributed by atoms with van der Waals surface area (Å²) in [5.74, 6) is 0. The molecule has 0 aromatic carbocycles. The highest BCUT2D eigenvalue weighted by molar-refractivity contribution is 6.35. The van der Waals surface area contributed by atoms with Gasteiger partial charge in [0.25, 0.3) is 0 Å². The summed E-state index contributed by atoms with van der Waals surface area (Å²) >= 11 is 11.2. The van der Waals surface area contributed by atoms with Crippen molar-refractivity contribution in [3.05, 3.63) is 27.5 Å². The van der Waals surface area contributed by atoms with Crippen LogP contribution in [0.3, 0.4) is 0 Å². The van der Waals surface area contributed by atoms with Gasteiger partial charge in [-0.05, 0) is 6.07 Å². The van der Waals surface area contributed by atoms with Gasteiger partial charge in [0.05, 0.1) is 10.0 Å². The van der Waals surface area contributed by atoms with Gasteiger partial charge in [-0.1, -0.05) is 23.2 Å². The fourth-order valence-electron chi connectivity index (χ4n) is 0.623. The van der Waals surface area contributed by atoms with Crippen LogP contribution in [0.15, 0.2) is 6.07 Å². The number of hydrogen-bond acceptors (Lipinski definition) is 3. The summed E-state index contributed by atoms with van der Waals surface area (Å²) < 4.78 is 0. The zero-order chi connectivity index (χ0) is 9.14. The van der Waals surface area contributed by atoms with E-state index in [0.717, 1.165) is 0 Å². The van der Waals surface area contributed by atoms with Gasteiger partial charge < -0.3 is 0 Å². The van der Waals surface area contributed by atoms with E-state index in [4.69, 9.17) is 33.7 Å². The third kappa shape index (κ3) is 1.48. The van der Waals surface area contributed by atoms with Gasteiger partial charge in [-0.25, -0.2) is 4.98 Å². The Labute approximate surface area is 78.8 Å². The minimum Gasteiger partial charge on any atom is -0.223 e. The zero-order valence-electron chi connectivity index (χ0n) is 5.67. The van der Waals surface area contributed by atoms with E-state index in [9.17, 15) is 0 Å². The Morgan fingerprint density at radius 2 is 1.50 bits per heavy atom. The lowest BCUT2D eigenvalue weighted by atomic mass is 10.3. The first-order valence-electron chi connectivity index (χ1n) is 2.85. The second-order valence-electron chi connectivity index (χ2n) is 1.87. The monoisotopic (exact) mass is 197 g/mol. The van der Waals surface area contributed by atoms with Crippen molar-refractivity contribution in [2.75, 3.05) is 0 Å². The Bertz CT molecular complexity index is 365. The standard InChI is InChI=1S/C7HCl2N3/c8-4-1-5(9)7(3-11)12-6(4)2-10/h1H. The zero-order valence-corrected chi connectivity index (χ0v) is 7.19. The molecule has 0 saturated heterocycles. The molecular formula is C7HCl2N3. The highest BCUT2D eigenvalue weighted by Gasteiger charge is 2.07. The van der Waals surface area contributed by atoms with Crippen molar-refractivity contribution in [1.29, 1.82) is 10.5 Å². The van der Waals surface area contributed by atoms with Crippen molar-refractivity contribution in [3.8, 4) is 12.1 Å². The highest BCUT2D eigenvalue weighted by atomic mass is 35.5. The van der Waals surface area contributed by atoms with Crippen LogP contribution in [0.1, 0.15) is 11.4 Å². The predicted octanol–water partition coefficient (Wildman–Crippen LogP) is 2.13. The Hall–Kier alpha value is -1.29. The minimum absolute atomic E-state index is 0.0117. The third-order valence-corrected chi connectivity index (χ3v) is 1.72. The Kier molecular flexibility index (Phi) is 2.50. The van der Waals surface area contributed by atoms with Gasteiger partial charge in [-0.3, -0.25) is 0 Å². The summed E-state index contributed by atoms with van der Waals surface area (Å²) in [6.07, 6.45) is 0. The molecule has 3 nitrogen and oxygen atoms in total. The van der Waals surface area contributed by atoms with Gasteiger partial charge in [-0.2, -0.15) is 10.5 Å². The van der Waals surface area contributed by atoms with E-state index in [1.807, 2.05) is 0 Å². The molecule has 0 amide bonds. The van der Waals surface area contributed by atoms with Crippen LogP contribution in [-0.2, 0) is 0 Å². The fourth-order valence-corrected chi connectivity index (χ4v) is 1.07. The van der Waals surface area contributed by atoms with Crippen LogP contribution in [0, 0.1) is 22.7 Å². The molecule has 0 fully saturated rings. The number of nitriles is 2. The first kappa shape index (κ1) is 8.80. The molecule has 1 heterocycles. The van der Waals surface area contributed by atoms with Crippen LogP contribution in [-0.4, -0.2) is 4.98 Å². The van der Waals surface area contributed by atoms with Crippen LogP contribution in [0.25, 0.3) is 0 Å². The van der Waals surface area contributed by atoms with E-state index in [1.54, 1.807) is 12.1 Å². The molecule has 0 aliphatic heterocycles. The topological polar surface area (TPSA) is 60.5 Å². The molecule has 0 N–H and O–H groups in total. The van der Waals surface area contributed by atoms with Crippen LogP contribution >= 0.6 is 23.2 Å². The highest BCUT2D eigenvalue weighted by Crippen LogP contribution is 2.21. The fraction of sp³-hybridized carbons (Fsp3) is 0. The van der Waals surface area contributed by atoms with Crippen LogP contribution in [0.5, 0.6) is 0 Å². The molecule has 58 valence electrons. The van der Waals surface area contributed by atoms with E-state index < -0.39 is 0 Å². The predicted molar refractivity (Wildman–Crippen MR) is 43.7 cm³/mol. The molecule has 1 aromatic heterocycles. The molecule has 0 bridgehead atoms. The van der Waals surface area contributed by atoms with Gasteiger partial charge >= 0.3 is 0 Å². The molecule has 0 aliphatic carbocycles. The minimum atomic E-state index is 0.0117. The molecule has 0 unspecified atom stereocenters. The normalized spacial score (nSPS) is 8.67. The van der Waals surface area contributed by atoms with E-state index in [-0.39, 0.29) is 21.4 Å². The number of halogens is 2. The average molecular weight is 198 g/mol. The molecule has 1 rings (SSSR count). The largest absolute Gasteiger partial charge is 0.223 e. The lowest BCUT2D eigenvalue weighted by Gasteiger charge is -1.96. The van der Waals surface area contributed by atoms with Crippen LogP contribution < -0.4 is 0 Å². The molecule has 0 saturated carbocycles. The molecule has 5 heteroatoms. The quantitative estimate of drug-likeness (QED) is 0.641. The smallest absolute Gasteiger partial charge is 0.160 e. The summed E-state index contributed by atoms with van der Waals surface area (Å²) in [6.45, 7) is 0. The first-order valence-corrected chi connectivity index (χ1v) is 3.61. The lowest BCUT2D eigenvalue weighted by molar-refractivity contribution is 1.22. The number of pyridine rings is 1. The van der Waals surface area contributed by atoms with Crippen LogP contribution in [0.2, 0.25) is 10.0 Å². The van der Waals surface area contributed by atoms with Crippen molar-refractivity contribution in [1.82, 2.24) is 4.98 Å². The van der Waals surface area contributed by atoms with Crippen molar-refractivity contribution in [3.63, 3.8) is 0 Å². The van der Waals surface area contributed by atoms with Gasteiger partial charge in [0.15, 0.2) is 11.4 Å². The van der Waals surface area contributed by atoms with Crippen molar-refractivity contribution >= 4 is 23.2 Å².